The van der Waals surface area contributed by atoms with Crippen LogP contribution in [0.3, 0.4) is 0 Å². The number of rotatable bonds is 8. The van der Waals surface area contributed by atoms with E-state index in [-0.39, 0.29) is 5.96 Å². The Balaban J connectivity index is 0.00000101. The van der Waals surface area contributed by atoms with Crippen molar-refractivity contribution in [3.8, 4) is 5.75 Å². The first kappa shape index (κ1) is 23.8. The maximum Gasteiger partial charge on any atom is 0.394 e. The van der Waals surface area contributed by atoms with Crippen LogP contribution in [0.4, 0.5) is 0 Å². The number of guanidine groups is 1. The Bertz CT molecular complexity index is 642. The normalized spacial score (nSPS) is 10.8. The number of ether oxygens (including phenoxy) is 1. The highest BCUT2D eigenvalue weighted by Crippen LogP contribution is 2.27. The van der Waals surface area contributed by atoms with Crippen molar-refractivity contribution in [1.29, 1.82) is 0 Å². The van der Waals surface area contributed by atoms with Gasteiger partial charge in [-0.15, -0.1) is 0 Å². The molecule has 1 aromatic rings. The van der Waals surface area contributed by atoms with Gasteiger partial charge in [0, 0.05) is 11.5 Å². The van der Waals surface area contributed by atoms with E-state index in [4.69, 9.17) is 45.3 Å². The molecule has 25 heavy (non-hydrogen) atoms. The van der Waals surface area contributed by atoms with Gasteiger partial charge in [-0.25, -0.2) is 0 Å². The van der Waals surface area contributed by atoms with Gasteiger partial charge >= 0.3 is 10.4 Å². The van der Waals surface area contributed by atoms with Crippen molar-refractivity contribution in [2.24, 2.45) is 22.4 Å². The molecule has 0 aliphatic rings. The highest BCUT2D eigenvalue weighted by molar-refractivity contribution is 7.98. The second kappa shape index (κ2) is 12.2. The lowest BCUT2D eigenvalue weighted by Gasteiger charge is -2.11. The molecule has 144 valence electrons. The molecule has 0 aliphatic carbocycles. The zero-order chi connectivity index (χ0) is 19.5. The van der Waals surface area contributed by atoms with Gasteiger partial charge < -0.3 is 16.2 Å². The Morgan fingerprint density at radius 1 is 1.36 bits per heavy atom. The van der Waals surface area contributed by atoms with Crippen LogP contribution < -0.4 is 16.2 Å². The SMILES string of the molecule is CC(C)COc1ccc(CSCCN=C(N)N)cc1Cl.O=S(=O)(O)O. The molecule has 0 unspecified atom stereocenters. The van der Waals surface area contributed by atoms with Crippen LogP contribution in [0, 0.1) is 5.92 Å². The Morgan fingerprint density at radius 3 is 2.44 bits per heavy atom. The average molecular weight is 414 g/mol. The summed E-state index contributed by atoms with van der Waals surface area (Å²) in [6.45, 7) is 5.52. The first-order valence-corrected chi connectivity index (χ1v) is 10.2. The maximum absolute atomic E-state index is 8.74. The van der Waals surface area contributed by atoms with Gasteiger partial charge in [-0.2, -0.15) is 20.2 Å². The number of benzene rings is 1. The highest BCUT2D eigenvalue weighted by atomic mass is 35.5. The molecule has 1 rings (SSSR count). The minimum atomic E-state index is -4.67. The summed E-state index contributed by atoms with van der Waals surface area (Å²) in [7, 11) is -4.67. The monoisotopic (exact) mass is 413 g/mol. The van der Waals surface area contributed by atoms with Gasteiger partial charge in [0.15, 0.2) is 5.96 Å². The molecule has 0 spiro atoms. The van der Waals surface area contributed by atoms with Crippen molar-refractivity contribution in [2.45, 2.75) is 19.6 Å². The predicted molar refractivity (Wildman–Crippen MR) is 103 cm³/mol. The van der Waals surface area contributed by atoms with Gasteiger partial charge in [0.25, 0.3) is 0 Å². The molecule has 0 fully saturated rings. The van der Waals surface area contributed by atoms with Crippen molar-refractivity contribution >= 4 is 39.7 Å². The molecule has 0 heterocycles. The smallest absolute Gasteiger partial charge is 0.394 e. The van der Waals surface area contributed by atoms with Crippen molar-refractivity contribution in [3.05, 3.63) is 28.8 Å². The third-order valence-corrected chi connectivity index (χ3v) is 3.67. The van der Waals surface area contributed by atoms with E-state index < -0.39 is 10.4 Å². The summed E-state index contributed by atoms with van der Waals surface area (Å²) in [5.74, 6) is 3.12. The zero-order valence-electron chi connectivity index (χ0n) is 14.1. The minimum absolute atomic E-state index is 0.139. The molecule has 0 aliphatic heterocycles. The molecule has 0 atom stereocenters. The molecule has 1 aromatic carbocycles. The third kappa shape index (κ3) is 16.0. The fraction of sp³-hybridized carbons (Fsp3) is 0.500. The van der Waals surface area contributed by atoms with E-state index in [0.717, 1.165) is 17.3 Å². The Kier molecular flexibility index (Phi) is 11.6. The molecule has 0 saturated carbocycles. The van der Waals surface area contributed by atoms with Crippen LogP contribution in [-0.2, 0) is 16.2 Å². The molecule has 0 amide bonds. The van der Waals surface area contributed by atoms with Gasteiger partial charge in [-0.3, -0.25) is 14.1 Å². The number of halogens is 1. The van der Waals surface area contributed by atoms with E-state index >= 15 is 0 Å². The average Bonchev–Trinajstić information content (AvgIpc) is 2.43. The molecule has 0 bridgehead atoms. The van der Waals surface area contributed by atoms with Crippen LogP contribution in [-0.4, -0.2) is 42.4 Å². The van der Waals surface area contributed by atoms with Gasteiger partial charge in [-0.05, 0) is 23.6 Å². The lowest BCUT2D eigenvalue weighted by Crippen LogP contribution is -2.23. The second-order valence-electron chi connectivity index (χ2n) is 5.28. The van der Waals surface area contributed by atoms with Crippen molar-refractivity contribution in [3.63, 3.8) is 0 Å². The van der Waals surface area contributed by atoms with Gasteiger partial charge in [0.2, 0.25) is 0 Å². The number of nitrogens with two attached hydrogens (primary N) is 2. The Labute approximate surface area is 157 Å². The van der Waals surface area contributed by atoms with Gasteiger partial charge in [-0.1, -0.05) is 31.5 Å². The fourth-order valence-electron chi connectivity index (χ4n) is 1.44. The molecule has 0 radical (unpaired) electrons. The van der Waals surface area contributed by atoms with Crippen molar-refractivity contribution in [2.75, 3.05) is 18.9 Å². The largest absolute Gasteiger partial charge is 0.492 e. The number of hydrogen-bond acceptors (Lipinski definition) is 5. The lowest BCUT2D eigenvalue weighted by molar-refractivity contribution is 0.271. The molecule has 8 nitrogen and oxygen atoms in total. The van der Waals surface area contributed by atoms with E-state index in [2.05, 4.69) is 18.8 Å². The highest BCUT2D eigenvalue weighted by Gasteiger charge is 2.04. The summed E-state index contributed by atoms with van der Waals surface area (Å²) in [5, 5.41) is 0.660. The van der Waals surface area contributed by atoms with E-state index in [1.807, 2.05) is 18.2 Å². The summed E-state index contributed by atoms with van der Waals surface area (Å²) >= 11 is 7.97. The fourth-order valence-corrected chi connectivity index (χ4v) is 2.47. The van der Waals surface area contributed by atoms with Crippen molar-refractivity contribution in [1.82, 2.24) is 0 Å². The maximum atomic E-state index is 8.74. The van der Waals surface area contributed by atoms with E-state index in [1.54, 1.807) is 11.8 Å². The summed E-state index contributed by atoms with van der Waals surface area (Å²) in [5.41, 5.74) is 11.7. The number of nitrogens with zero attached hydrogens (tertiary/aromatic N) is 1. The summed E-state index contributed by atoms with van der Waals surface area (Å²) in [6, 6.07) is 5.91. The van der Waals surface area contributed by atoms with Crippen LogP contribution in [0.1, 0.15) is 19.4 Å². The molecule has 0 saturated heterocycles. The zero-order valence-corrected chi connectivity index (χ0v) is 16.4. The molecule has 11 heteroatoms. The van der Waals surface area contributed by atoms with Crippen molar-refractivity contribution < 1.29 is 22.3 Å². The van der Waals surface area contributed by atoms with E-state index in [0.29, 0.717) is 24.1 Å². The van der Waals surface area contributed by atoms with Gasteiger partial charge in [0.05, 0.1) is 18.2 Å². The van der Waals surface area contributed by atoms with Crippen LogP contribution in [0.5, 0.6) is 5.75 Å². The molecule has 6 N–H and O–H groups in total. The summed E-state index contributed by atoms with van der Waals surface area (Å²) < 4.78 is 37.2. The minimum Gasteiger partial charge on any atom is -0.492 e. The first-order chi connectivity index (χ1) is 11.5. The number of hydrogen-bond donors (Lipinski definition) is 4. The topological polar surface area (TPSA) is 148 Å². The first-order valence-electron chi connectivity index (χ1n) is 7.23. The Hall–Kier alpha value is -1.20. The standard InChI is InChI=1S/C14H22ClN3OS.H2O4S/c1-10(2)8-19-13-4-3-11(7-12(13)15)9-20-6-5-18-14(16)17;1-5(2,3)4/h3-4,7,10H,5-6,8-9H2,1-2H3,(H4,16,17,18);(H2,1,2,3,4). The van der Waals surface area contributed by atoms with Crippen LogP contribution >= 0.6 is 23.4 Å². The predicted octanol–water partition coefficient (Wildman–Crippen LogP) is 2.23. The van der Waals surface area contributed by atoms with Crippen LogP contribution in [0.25, 0.3) is 0 Å². The van der Waals surface area contributed by atoms with E-state index in [1.165, 1.54) is 5.56 Å². The summed E-state index contributed by atoms with van der Waals surface area (Å²) in [6.07, 6.45) is 0. The quantitative estimate of drug-likeness (QED) is 0.219. The van der Waals surface area contributed by atoms with Gasteiger partial charge in [0.1, 0.15) is 5.75 Å². The third-order valence-electron chi connectivity index (χ3n) is 2.37. The second-order valence-corrected chi connectivity index (χ2v) is 7.68. The van der Waals surface area contributed by atoms with Crippen LogP contribution in [0.15, 0.2) is 23.2 Å². The molecule has 0 aromatic heterocycles. The van der Waals surface area contributed by atoms with E-state index in [9.17, 15) is 0 Å². The number of thioether (sulfide) groups is 1. The number of aliphatic imine (C=N–C) groups is 1. The lowest BCUT2D eigenvalue weighted by atomic mass is 10.2. The Morgan fingerprint density at radius 2 is 1.96 bits per heavy atom. The summed E-state index contributed by atoms with van der Waals surface area (Å²) in [4.78, 5) is 3.93. The molecular formula is C14H24ClN3O5S2. The molecular weight excluding hydrogens is 390 g/mol. The van der Waals surface area contributed by atoms with Crippen LogP contribution in [0.2, 0.25) is 5.02 Å².